The third kappa shape index (κ3) is 1.54. The highest BCUT2D eigenvalue weighted by Crippen LogP contribution is 2.49. The van der Waals surface area contributed by atoms with Gasteiger partial charge in [0.25, 0.3) is 0 Å². The number of hydrogen-bond donors (Lipinski definition) is 1. The molecule has 86 valence electrons. The SMILES string of the molecule is Fc1cccc(C2(F)CC3CNCC3C2)c1. The van der Waals surface area contributed by atoms with Gasteiger partial charge in [0.1, 0.15) is 11.5 Å². The van der Waals surface area contributed by atoms with Gasteiger partial charge in [0.05, 0.1) is 0 Å². The molecule has 16 heavy (non-hydrogen) atoms. The number of nitrogens with one attached hydrogen (secondary N) is 1. The zero-order chi connectivity index (χ0) is 11.2. The number of halogens is 2. The van der Waals surface area contributed by atoms with Crippen molar-refractivity contribution in [1.29, 1.82) is 0 Å². The highest BCUT2D eigenvalue weighted by molar-refractivity contribution is 5.25. The molecule has 1 aliphatic heterocycles. The Morgan fingerprint density at radius 2 is 1.88 bits per heavy atom. The normalized spacial score (nSPS) is 37.6. The van der Waals surface area contributed by atoms with Gasteiger partial charge < -0.3 is 5.32 Å². The van der Waals surface area contributed by atoms with Gasteiger partial charge in [-0.15, -0.1) is 0 Å². The van der Waals surface area contributed by atoms with Gasteiger partial charge in [-0.05, 0) is 55.5 Å². The summed E-state index contributed by atoms with van der Waals surface area (Å²) in [6.45, 7) is 1.82. The van der Waals surface area contributed by atoms with Crippen molar-refractivity contribution in [2.24, 2.45) is 11.8 Å². The predicted octanol–water partition coefficient (Wildman–Crippen LogP) is 2.62. The molecule has 1 saturated heterocycles. The van der Waals surface area contributed by atoms with E-state index in [1.165, 1.54) is 12.1 Å². The van der Waals surface area contributed by atoms with Crippen LogP contribution in [0.3, 0.4) is 0 Å². The first kappa shape index (κ1) is 10.2. The van der Waals surface area contributed by atoms with Crippen LogP contribution in [0, 0.1) is 17.7 Å². The van der Waals surface area contributed by atoms with Crippen LogP contribution in [0.4, 0.5) is 8.78 Å². The van der Waals surface area contributed by atoms with Crippen LogP contribution in [0.2, 0.25) is 0 Å². The van der Waals surface area contributed by atoms with Crippen molar-refractivity contribution in [1.82, 2.24) is 5.32 Å². The summed E-state index contributed by atoms with van der Waals surface area (Å²) < 4.78 is 27.9. The maximum absolute atomic E-state index is 14.8. The summed E-state index contributed by atoms with van der Waals surface area (Å²) in [6, 6.07) is 6.01. The molecule has 2 aliphatic rings. The molecule has 2 fully saturated rings. The molecule has 3 rings (SSSR count). The Balaban J connectivity index is 1.89. The largest absolute Gasteiger partial charge is 0.316 e. The van der Waals surface area contributed by atoms with Crippen molar-refractivity contribution >= 4 is 0 Å². The predicted molar refractivity (Wildman–Crippen MR) is 58.3 cm³/mol. The topological polar surface area (TPSA) is 12.0 Å². The van der Waals surface area contributed by atoms with Crippen molar-refractivity contribution < 1.29 is 8.78 Å². The van der Waals surface area contributed by atoms with E-state index < -0.39 is 5.67 Å². The lowest BCUT2D eigenvalue weighted by molar-refractivity contribution is 0.160. The molecule has 1 saturated carbocycles. The van der Waals surface area contributed by atoms with Gasteiger partial charge in [0.15, 0.2) is 0 Å². The Labute approximate surface area is 93.9 Å². The highest BCUT2D eigenvalue weighted by Gasteiger charge is 2.48. The molecule has 3 heteroatoms. The molecule has 1 heterocycles. The van der Waals surface area contributed by atoms with Crippen LogP contribution in [0.15, 0.2) is 24.3 Å². The van der Waals surface area contributed by atoms with Crippen molar-refractivity contribution in [3.63, 3.8) is 0 Å². The summed E-state index contributed by atoms with van der Waals surface area (Å²) in [5, 5.41) is 3.28. The van der Waals surface area contributed by atoms with Gasteiger partial charge >= 0.3 is 0 Å². The zero-order valence-electron chi connectivity index (χ0n) is 9.05. The first-order valence-electron chi connectivity index (χ1n) is 5.83. The molecule has 2 atom stereocenters. The molecule has 1 N–H and O–H groups in total. The molecule has 1 aliphatic carbocycles. The number of benzene rings is 1. The van der Waals surface area contributed by atoms with Crippen LogP contribution >= 0.6 is 0 Å². The van der Waals surface area contributed by atoms with E-state index >= 15 is 0 Å². The second kappa shape index (κ2) is 3.52. The maximum Gasteiger partial charge on any atom is 0.136 e. The molecular formula is C13H15F2N. The zero-order valence-corrected chi connectivity index (χ0v) is 9.05. The van der Waals surface area contributed by atoms with Crippen molar-refractivity contribution in [3.05, 3.63) is 35.6 Å². The van der Waals surface area contributed by atoms with Crippen LogP contribution in [-0.4, -0.2) is 13.1 Å². The molecule has 0 aromatic heterocycles. The van der Waals surface area contributed by atoms with Gasteiger partial charge in [-0.25, -0.2) is 8.78 Å². The Bertz CT molecular complexity index is 393. The minimum atomic E-state index is -1.31. The second-order valence-electron chi connectivity index (χ2n) is 5.06. The van der Waals surface area contributed by atoms with E-state index in [2.05, 4.69) is 5.32 Å². The number of rotatable bonds is 1. The van der Waals surface area contributed by atoms with E-state index in [-0.39, 0.29) is 5.82 Å². The quantitative estimate of drug-likeness (QED) is 0.771. The second-order valence-corrected chi connectivity index (χ2v) is 5.06. The first-order chi connectivity index (χ1) is 7.67. The van der Waals surface area contributed by atoms with Gasteiger partial charge in [0, 0.05) is 0 Å². The fourth-order valence-corrected chi connectivity index (χ4v) is 3.18. The Hall–Kier alpha value is -0.960. The minimum Gasteiger partial charge on any atom is -0.316 e. The van der Waals surface area contributed by atoms with Gasteiger partial charge in [-0.1, -0.05) is 12.1 Å². The van der Waals surface area contributed by atoms with E-state index in [0.717, 1.165) is 13.1 Å². The Morgan fingerprint density at radius 1 is 1.19 bits per heavy atom. The van der Waals surface area contributed by atoms with Crippen LogP contribution in [-0.2, 0) is 5.67 Å². The Morgan fingerprint density at radius 3 is 2.50 bits per heavy atom. The van der Waals surface area contributed by atoms with Crippen molar-refractivity contribution in [2.45, 2.75) is 18.5 Å². The standard InChI is InChI=1S/C13H15F2N/c14-12-3-1-2-11(4-12)13(15)5-9-7-16-8-10(9)6-13/h1-4,9-10,16H,5-8H2. The molecule has 0 radical (unpaired) electrons. The monoisotopic (exact) mass is 223 g/mol. The molecule has 0 bridgehead atoms. The van der Waals surface area contributed by atoms with E-state index in [9.17, 15) is 8.78 Å². The summed E-state index contributed by atoms with van der Waals surface area (Å²) in [6.07, 6.45) is 1.07. The third-order valence-electron chi connectivity index (χ3n) is 3.99. The molecule has 0 spiro atoms. The Kier molecular flexibility index (Phi) is 2.25. The van der Waals surface area contributed by atoms with Gasteiger partial charge in [0.2, 0.25) is 0 Å². The third-order valence-corrected chi connectivity index (χ3v) is 3.99. The summed E-state index contributed by atoms with van der Waals surface area (Å²) >= 11 is 0. The number of hydrogen-bond acceptors (Lipinski definition) is 1. The van der Waals surface area contributed by atoms with Gasteiger partial charge in [-0.3, -0.25) is 0 Å². The van der Waals surface area contributed by atoms with E-state index in [1.807, 2.05) is 0 Å². The lowest BCUT2D eigenvalue weighted by Gasteiger charge is -2.21. The number of fused-ring (bicyclic) bond motifs is 1. The lowest BCUT2D eigenvalue weighted by atomic mass is 9.92. The molecular weight excluding hydrogens is 208 g/mol. The van der Waals surface area contributed by atoms with Crippen LogP contribution in [0.5, 0.6) is 0 Å². The fourth-order valence-electron chi connectivity index (χ4n) is 3.18. The minimum absolute atomic E-state index is 0.343. The molecule has 1 aromatic carbocycles. The summed E-state index contributed by atoms with van der Waals surface area (Å²) in [5.74, 6) is 0.506. The molecule has 0 amide bonds. The highest BCUT2D eigenvalue weighted by atomic mass is 19.1. The molecule has 1 aromatic rings. The molecule has 1 nitrogen and oxygen atoms in total. The number of alkyl halides is 1. The summed E-state index contributed by atoms with van der Waals surface area (Å²) in [4.78, 5) is 0. The van der Waals surface area contributed by atoms with Crippen molar-refractivity contribution in [3.8, 4) is 0 Å². The molecule has 2 unspecified atom stereocenters. The van der Waals surface area contributed by atoms with Crippen molar-refractivity contribution in [2.75, 3.05) is 13.1 Å². The van der Waals surface area contributed by atoms with Crippen LogP contribution in [0.25, 0.3) is 0 Å². The van der Waals surface area contributed by atoms with Crippen LogP contribution in [0.1, 0.15) is 18.4 Å². The average molecular weight is 223 g/mol. The fraction of sp³-hybridized carbons (Fsp3) is 0.538. The van der Waals surface area contributed by atoms with Crippen LogP contribution < -0.4 is 5.32 Å². The maximum atomic E-state index is 14.8. The average Bonchev–Trinajstić information content (AvgIpc) is 2.76. The summed E-state index contributed by atoms with van der Waals surface area (Å²) in [5.41, 5.74) is -0.790. The van der Waals surface area contributed by atoms with Gasteiger partial charge in [-0.2, -0.15) is 0 Å². The lowest BCUT2D eigenvalue weighted by Crippen LogP contribution is -2.21. The van der Waals surface area contributed by atoms with E-state index in [0.29, 0.717) is 30.2 Å². The first-order valence-corrected chi connectivity index (χ1v) is 5.83. The summed E-state index contributed by atoms with van der Waals surface area (Å²) in [7, 11) is 0. The smallest absolute Gasteiger partial charge is 0.136 e. The van der Waals surface area contributed by atoms with E-state index in [1.54, 1.807) is 12.1 Å². The van der Waals surface area contributed by atoms with E-state index in [4.69, 9.17) is 0 Å².